The van der Waals surface area contributed by atoms with E-state index in [1.807, 2.05) is 18.2 Å². The van der Waals surface area contributed by atoms with Gasteiger partial charge < -0.3 is 14.2 Å². The van der Waals surface area contributed by atoms with E-state index in [0.29, 0.717) is 23.9 Å². The lowest BCUT2D eigenvalue weighted by Crippen LogP contribution is -2.00. The molecule has 0 saturated heterocycles. The molecular formula is C12H18O3. The minimum atomic E-state index is 0.688. The van der Waals surface area contributed by atoms with E-state index < -0.39 is 0 Å². The highest BCUT2D eigenvalue weighted by molar-refractivity contribution is 5.50. The van der Waals surface area contributed by atoms with E-state index in [2.05, 4.69) is 6.92 Å². The lowest BCUT2D eigenvalue weighted by atomic mass is 10.3. The Balaban J connectivity index is 2.80. The van der Waals surface area contributed by atoms with E-state index in [1.54, 1.807) is 14.2 Å². The molecule has 1 aromatic carbocycles. The highest BCUT2D eigenvalue weighted by Crippen LogP contribution is 2.36. The first-order valence-corrected chi connectivity index (χ1v) is 5.17. The maximum atomic E-state index is 5.64. The van der Waals surface area contributed by atoms with E-state index in [9.17, 15) is 0 Å². The summed E-state index contributed by atoms with van der Waals surface area (Å²) in [5, 5.41) is 0. The van der Waals surface area contributed by atoms with Gasteiger partial charge in [0, 0.05) is 0 Å². The zero-order valence-electron chi connectivity index (χ0n) is 9.58. The van der Waals surface area contributed by atoms with Crippen molar-refractivity contribution in [2.45, 2.75) is 19.8 Å². The van der Waals surface area contributed by atoms with Crippen molar-refractivity contribution in [2.24, 2.45) is 0 Å². The zero-order valence-corrected chi connectivity index (χ0v) is 9.58. The smallest absolute Gasteiger partial charge is 0.203 e. The molecule has 0 fully saturated rings. The van der Waals surface area contributed by atoms with Crippen LogP contribution in [0.1, 0.15) is 19.8 Å². The molecular weight excluding hydrogens is 192 g/mol. The van der Waals surface area contributed by atoms with Crippen LogP contribution in [0.25, 0.3) is 0 Å². The van der Waals surface area contributed by atoms with Crippen molar-refractivity contribution in [3.8, 4) is 17.2 Å². The van der Waals surface area contributed by atoms with Crippen molar-refractivity contribution in [2.75, 3.05) is 20.8 Å². The number of hydrogen-bond acceptors (Lipinski definition) is 3. The van der Waals surface area contributed by atoms with E-state index in [4.69, 9.17) is 14.2 Å². The SMILES string of the molecule is CCCCOc1c(OC)cccc1OC. The number of rotatable bonds is 6. The molecule has 0 aromatic heterocycles. The van der Waals surface area contributed by atoms with Gasteiger partial charge in [0.2, 0.25) is 5.75 Å². The third kappa shape index (κ3) is 3.05. The maximum Gasteiger partial charge on any atom is 0.203 e. The summed E-state index contributed by atoms with van der Waals surface area (Å²) in [6, 6.07) is 5.61. The fraction of sp³-hybridized carbons (Fsp3) is 0.500. The van der Waals surface area contributed by atoms with Gasteiger partial charge in [-0.15, -0.1) is 0 Å². The van der Waals surface area contributed by atoms with Crippen LogP contribution in [0.2, 0.25) is 0 Å². The Morgan fingerprint density at radius 2 is 1.67 bits per heavy atom. The summed E-state index contributed by atoms with van der Waals surface area (Å²) in [5.41, 5.74) is 0. The maximum absolute atomic E-state index is 5.64. The fourth-order valence-corrected chi connectivity index (χ4v) is 1.28. The Kier molecular flexibility index (Phi) is 4.81. The molecule has 0 spiro atoms. The first kappa shape index (κ1) is 11.7. The highest BCUT2D eigenvalue weighted by Gasteiger charge is 2.10. The largest absolute Gasteiger partial charge is 0.493 e. The van der Waals surface area contributed by atoms with E-state index in [1.165, 1.54) is 0 Å². The van der Waals surface area contributed by atoms with Gasteiger partial charge in [0.1, 0.15) is 0 Å². The number of methoxy groups -OCH3 is 2. The van der Waals surface area contributed by atoms with Gasteiger partial charge in [0.15, 0.2) is 11.5 Å². The molecule has 84 valence electrons. The molecule has 0 aliphatic heterocycles. The van der Waals surface area contributed by atoms with Crippen LogP contribution in [0, 0.1) is 0 Å². The second-order valence-electron chi connectivity index (χ2n) is 3.19. The second-order valence-corrected chi connectivity index (χ2v) is 3.19. The van der Waals surface area contributed by atoms with Crippen LogP contribution in [0.4, 0.5) is 0 Å². The van der Waals surface area contributed by atoms with Crippen LogP contribution in [0.3, 0.4) is 0 Å². The van der Waals surface area contributed by atoms with Gasteiger partial charge in [0.25, 0.3) is 0 Å². The topological polar surface area (TPSA) is 27.7 Å². The first-order chi connectivity index (χ1) is 7.33. The van der Waals surface area contributed by atoms with Crippen LogP contribution < -0.4 is 14.2 Å². The Hall–Kier alpha value is -1.38. The van der Waals surface area contributed by atoms with Crippen molar-refractivity contribution < 1.29 is 14.2 Å². The van der Waals surface area contributed by atoms with Crippen LogP contribution >= 0.6 is 0 Å². The molecule has 0 atom stereocenters. The van der Waals surface area contributed by atoms with E-state index in [0.717, 1.165) is 12.8 Å². The number of hydrogen-bond donors (Lipinski definition) is 0. The quantitative estimate of drug-likeness (QED) is 0.676. The molecule has 1 rings (SSSR count). The predicted molar refractivity (Wildman–Crippen MR) is 59.9 cm³/mol. The lowest BCUT2D eigenvalue weighted by Gasteiger charge is -2.13. The van der Waals surface area contributed by atoms with Crippen molar-refractivity contribution in [1.29, 1.82) is 0 Å². The molecule has 0 N–H and O–H groups in total. The molecule has 15 heavy (non-hydrogen) atoms. The summed E-state index contributed by atoms with van der Waals surface area (Å²) in [6.07, 6.45) is 2.14. The zero-order chi connectivity index (χ0) is 11.1. The summed E-state index contributed by atoms with van der Waals surface area (Å²) in [5.74, 6) is 2.12. The standard InChI is InChI=1S/C12H18O3/c1-4-5-9-15-12-10(13-2)7-6-8-11(12)14-3/h6-8H,4-5,9H2,1-3H3. The summed E-state index contributed by atoms with van der Waals surface area (Å²) in [6.45, 7) is 2.82. The van der Waals surface area contributed by atoms with Gasteiger partial charge in [0.05, 0.1) is 20.8 Å². The van der Waals surface area contributed by atoms with Gasteiger partial charge in [-0.1, -0.05) is 19.4 Å². The van der Waals surface area contributed by atoms with Crippen LogP contribution in [-0.2, 0) is 0 Å². The van der Waals surface area contributed by atoms with E-state index in [-0.39, 0.29) is 0 Å². The number of para-hydroxylation sites is 1. The fourth-order valence-electron chi connectivity index (χ4n) is 1.28. The predicted octanol–water partition coefficient (Wildman–Crippen LogP) is 2.88. The molecule has 0 radical (unpaired) electrons. The van der Waals surface area contributed by atoms with Crippen molar-refractivity contribution in [3.05, 3.63) is 18.2 Å². The Labute approximate surface area is 91.0 Å². The van der Waals surface area contributed by atoms with Crippen molar-refractivity contribution in [1.82, 2.24) is 0 Å². The van der Waals surface area contributed by atoms with Crippen molar-refractivity contribution >= 4 is 0 Å². The molecule has 1 aromatic rings. The summed E-state index contributed by atoms with van der Waals surface area (Å²) >= 11 is 0. The summed E-state index contributed by atoms with van der Waals surface area (Å²) < 4.78 is 16.1. The molecule has 0 heterocycles. The molecule has 0 saturated carbocycles. The number of ether oxygens (including phenoxy) is 3. The molecule has 0 aliphatic rings. The lowest BCUT2D eigenvalue weighted by molar-refractivity contribution is 0.270. The Bertz CT molecular complexity index is 275. The third-order valence-electron chi connectivity index (χ3n) is 2.13. The first-order valence-electron chi connectivity index (χ1n) is 5.17. The van der Waals surface area contributed by atoms with Crippen molar-refractivity contribution in [3.63, 3.8) is 0 Å². The van der Waals surface area contributed by atoms with Gasteiger partial charge in [-0.3, -0.25) is 0 Å². The van der Waals surface area contributed by atoms with Crippen LogP contribution in [0.5, 0.6) is 17.2 Å². The van der Waals surface area contributed by atoms with Gasteiger partial charge >= 0.3 is 0 Å². The number of unbranched alkanes of at least 4 members (excludes halogenated alkanes) is 1. The third-order valence-corrected chi connectivity index (χ3v) is 2.13. The Morgan fingerprint density at radius 3 is 2.13 bits per heavy atom. The monoisotopic (exact) mass is 210 g/mol. The van der Waals surface area contributed by atoms with Gasteiger partial charge in [-0.05, 0) is 18.6 Å². The molecule has 3 nitrogen and oxygen atoms in total. The highest BCUT2D eigenvalue weighted by atomic mass is 16.5. The second kappa shape index (κ2) is 6.17. The summed E-state index contributed by atoms with van der Waals surface area (Å²) in [4.78, 5) is 0. The summed E-state index contributed by atoms with van der Waals surface area (Å²) in [7, 11) is 3.25. The number of benzene rings is 1. The van der Waals surface area contributed by atoms with Crippen LogP contribution in [-0.4, -0.2) is 20.8 Å². The molecule has 0 amide bonds. The van der Waals surface area contributed by atoms with E-state index >= 15 is 0 Å². The molecule has 0 unspecified atom stereocenters. The average Bonchev–Trinajstić information content (AvgIpc) is 2.29. The minimum Gasteiger partial charge on any atom is -0.493 e. The minimum absolute atomic E-state index is 0.688. The molecule has 0 aliphatic carbocycles. The van der Waals surface area contributed by atoms with Gasteiger partial charge in [-0.25, -0.2) is 0 Å². The molecule has 3 heteroatoms. The Morgan fingerprint density at radius 1 is 1.07 bits per heavy atom. The van der Waals surface area contributed by atoms with Gasteiger partial charge in [-0.2, -0.15) is 0 Å². The van der Waals surface area contributed by atoms with Crippen LogP contribution in [0.15, 0.2) is 18.2 Å². The normalized spacial score (nSPS) is 9.80. The molecule has 0 bridgehead atoms. The average molecular weight is 210 g/mol.